The van der Waals surface area contributed by atoms with E-state index in [4.69, 9.17) is 15.2 Å². The Hall–Kier alpha value is -1.46. The van der Waals surface area contributed by atoms with Crippen molar-refractivity contribution in [1.82, 2.24) is 4.98 Å². The molecule has 1 rings (SSSR count). The smallest absolute Gasteiger partial charge is 0.221 e. The molecule has 1 heterocycles. The number of hydrogen-bond acceptors (Lipinski definition) is 4. The lowest BCUT2D eigenvalue weighted by molar-refractivity contribution is -0.151. The topological polar surface area (TPSA) is 74.4 Å². The summed E-state index contributed by atoms with van der Waals surface area (Å²) in [4.78, 5) is 15.6. The van der Waals surface area contributed by atoms with Crippen LogP contribution in [0, 0.1) is 5.92 Å². The Morgan fingerprint density at radius 2 is 2.05 bits per heavy atom. The van der Waals surface area contributed by atoms with Crippen molar-refractivity contribution in [3.63, 3.8) is 0 Å². The van der Waals surface area contributed by atoms with Crippen LogP contribution in [0.15, 0.2) is 24.5 Å². The number of rotatable bonds is 9. The maximum Gasteiger partial charge on any atom is 0.221 e. The van der Waals surface area contributed by atoms with Gasteiger partial charge in [-0.25, -0.2) is 0 Å². The zero-order valence-electron chi connectivity index (χ0n) is 11.5. The van der Waals surface area contributed by atoms with Crippen molar-refractivity contribution in [3.8, 4) is 0 Å². The summed E-state index contributed by atoms with van der Waals surface area (Å²) in [5.74, 6) is -0.652. The number of nitrogens with zero attached hydrogens (tertiary/aromatic N) is 1. The Morgan fingerprint density at radius 3 is 2.53 bits per heavy atom. The average molecular weight is 266 g/mol. The van der Waals surface area contributed by atoms with Gasteiger partial charge in [0.05, 0.1) is 0 Å². The molecule has 0 fully saturated rings. The van der Waals surface area contributed by atoms with E-state index in [0.29, 0.717) is 26.1 Å². The minimum atomic E-state index is -0.385. The monoisotopic (exact) mass is 266 g/mol. The van der Waals surface area contributed by atoms with Crippen LogP contribution in [0.5, 0.6) is 0 Å². The van der Waals surface area contributed by atoms with Crippen LogP contribution in [-0.2, 0) is 20.7 Å². The van der Waals surface area contributed by atoms with E-state index in [1.807, 2.05) is 26.0 Å². The highest BCUT2D eigenvalue weighted by Crippen LogP contribution is 2.16. The molecule has 0 aliphatic rings. The van der Waals surface area contributed by atoms with Crippen molar-refractivity contribution >= 4 is 5.91 Å². The molecule has 1 aromatic rings. The normalized spacial score (nSPS) is 12.6. The highest BCUT2D eigenvalue weighted by Gasteiger charge is 2.22. The summed E-state index contributed by atoms with van der Waals surface area (Å²) in [5.41, 5.74) is 6.44. The number of ether oxygens (including phenoxy) is 2. The Bertz CT molecular complexity index is 364. The lowest BCUT2D eigenvalue weighted by atomic mass is 9.96. The summed E-state index contributed by atoms with van der Waals surface area (Å²) >= 11 is 0. The number of nitrogens with two attached hydrogens (primary N) is 1. The van der Waals surface area contributed by atoms with Gasteiger partial charge in [0.25, 0.3) is 0 Å². The molecule has 0 saturated heterocycles. The molecule has 0 bridgehead atoms. The van der Waals surface area contributed by atoms with Gasteiger partial charge in [-0.1, -0.05) is 6.07 Å². The van der Waals surface area contributed by atoms with Crippen LogP contribution < -0.4 is 5.73 Å². The molecule has 1 aromatic heterocycles. The largest absolute Gasteiger partial charge is 0.369 e. The summed E-state index contributed by atoms with van der Waals surface area (Å²) in [6, 6.07) is 3.77. The van der Waals surface area contributed by atoms with Gasteiger partial charge in [0.15, 0.2) is 6.29 Å². The predicted molar refractivity (Wildman–Crippen MR) is 72.3 cm³/mol. The number of carbonyl (C=O) groups is 1. The third-order valence-electron chi connectivity index (χ3n) is 2.79. The van der Waals surface area contributed by atoms with Crippen molar-refractivity contribution in [3.05, 3.63) is 30.1 Å². The molecule has 1 atom stereocenters. The molecule has 1 unspecified atom stereocenters. The van der Waals surface area contributed by atoms with Gasteiger partial charge in [-0.15, -0.1) is 0 Å². The zero-order chi connectivity index (χ0) is 14.1. The third kappa shape index (κ3) is 5.81. The zero-order valence-corrected chi connectivity index (χ0v) is 11.5. The quantitative estimate of drug-likeness (QED) is 0.688. The Labute approximate surface area is 114 Å². The van der Waals surface area contributed by atoms with Crippen LogP contribution in [0.3, 0.4) is 0 Å². The van der Waals surface area contributed by atoms with Crippen LogP contribution in [0.2, 0.25) is 0 Å². The maximum absolute atomic E-state index is 11.5. The molecule has 0 radical (unpaired) electrons. The minimum Gasteiger partial charge on any atom is -0.369 e. The molecule has 5 nitrogen and oxygen atoms in total. The molecule has 0 saturated carbocycles. The van der Waals surface area contributed by atoms with E-state index in [9.17, 15) is 4.79 Å². The number of carbonyl (C=O) groups excluding carboxylic acids is 1. The first-order valence-electron chi connectivity index (χ1n) is 6.58. The molecular weight excluding hydrogens is 244 g/mol. The van der Waals surface area contributed by atoms with E-state index < -0.39 is 0 Å². The third-order valence-corrected chi connectivity index (χ3v) is 2.79. The van der Waals surface area contributed by atoms with E-state index in [-0.39, 0.29) is 18.1 Å². The summed E-state index contributed by atoms with van der Waals surface area (Å²) in [7, 11) is 0. The van der Waals surface area contributed by atoms with E-state index in [1.165, 1.54) is 0 Å². The van der Waals surface area contributed by atoms with Crippen molar-refractivity contribution < 1.29 is 14.3 Å². The highest BCUT2D eigenvalue weighted by atomic mass is 16.7. The molecule has 0 aliphatic carbocycles. The minimum absolute atomic E-state index is 0.313. The maximum atomic E-state index is 11.5. The van der Waals surface area contributed by atoms with E-state index in [2.05, 4.69) is 4.98 Å². The van der Waals surface area contributed by atoms with E-state index >= 15 is 0 Å². The first kappa shape index (κ1) is 15.6. The SMILES string of the molecule is CCOC(CC(Cc1cccnc1)C(N)=O)OCC. The number of primary amides is 1. The van der Waals surface area contributed by atoms with Gasteiger partial charge in [0, 0.05) is 37.9 Å². The Morgan fingerprint density at radius 1 is 1.37 bits per heavy atom. The van der Waals surface area contributed by atoms with Crippen LogP contribution in [0.1, 0.15) is 25.8 Å². The van der Waals surface area contributed by atoms with Gasteiger partial charge in [-0.05, 0) is 31.9 Å². The summed E-state index contributed by atoms with van der Waals surface area (Å²) < 4.78 is 10.9. The summed E-state index contributed by atoms with van der Waals surface area (Å²) in [5, 5.41) is 0. The average Bonchev–Trinajstić information content (AvgIpc) is 2.39. The number of aromatic nitrogens is 1. The van der Waals surface area contributed by atoms with Gasteiger partial charge in [0.2, 0.25) is 5.91 Å². The van der Waals surface area contributed by atoms with Gasteiger partial charge in [0.1, 0.15) is 0 Å². The van der Waals surface area contributed by atoms with Crippen LogP contribution in [-0.4, -0.2) is 30.4 Å². The second-order valence-corrected chi connectivity index (χ2v) is 4.24. The lowest BCUT2D eigenvalue weighted by Gasteiger charge is -2.21. The highest BCUT2D eigenvalue weighted by molar-refractivity contribution is 5.76. The molecule has 0 aromatic carbocycles. The van der Waals surface area contributed by atoms with Crippen molar-refractivity contribution in [1.29, 1.82) is 0 Å². The Balaban J connectivity index is 2.63. The molecule has 1 amide bonds. The van der Waals surface area contributed by atoms with E-state index in [1.54, 1.807) is 12.4 Å². The molecule has 0 spiro atoms. The fourth-order valence-corrected chi connectivity index (χ4v) is 1.89. The second-order valence-electron chi connectivity index (χ2n) is 4.24. The number of amides is 1. The second kappa shape index (κ2) is 8.61. The van der Waals surface area contributed by atoms with Gasteiger partial charge in [-0.2, -0.15) is 0 Å². The van der Waals surface area contributed by atoms with Crippen molar-refractivity contribution in [2.45, 2.75) is 33.0 Å². The molecule has 0 aliphatic heterocycles. The summed E-state index contributed by atoms with van der Waals surface area (Å²) in [6.07, 6.45) is 4.08. The van der Waals surface area contributed by atoms with Crippen LogP contribution >= 0.6 is 0 Å². The van der Waals surface area contributed by atoms with Gasteiger partial charge >= 0.3 is 0 Å². The summed E-state index contributed by atoms with van der Waals surface area (Å²) in [6.45, 7) is 4.88. The van der Waals surface area contributed by atoms with E-state index in [0.717, 1.165) is 5.56 Å². The molecule has 2 N–H and O–H groups in total. The molecule has 106 valence electrons. The van der Waals surface area contributed by atoms with Gasteiger partial charge in [-0.3, -0.25) is 9.78 Å². The fraction of sp³-hybridized carbons (Fsp3) is 0.571. The van der Waals surface area contributed by atoms with Crippen LogP contribution in [0.25, 0.3) is 0 Å². The predicted octanol–water partition coefficient (Wildman–Crippen LogP) is 1.51. The Kier molecular flexibility index (Phi) is 7.07. The first-order chi connectivity index (χ1) is 9.17. The van der Waals surface area contributed by atoms with Crippen molar-refractivity contribution in [2.75, 3.05) is 13.2 Å². The molecule has 19 heavy (non-hydrogen) atoms. The van der Waals surface area contributed by atoms with Gasteiger partial charge < -0.3 is 15.2 Å². The lowest BCUT2D eigenvalue weighted by Crippen LogP contribution is -2.31. The molecule has 5 heteroatoms. The van der Waals surface area contributed by atoms with Crippen LogP contribution in [0.4, 0.5) is 0 Å². The standard InChI is InChI=1S/C14H22N2O3/c1-3-18-13(19-4-2)9-12(14(15)17)8-11-6-5-7-16-10-11/h5-7,10,12-13H,3-4,8-9H2,1-2H3,(H2,15,17). The molecular formula is C14H22N2O3. The van der Waals surface area contributed by atoms with Crippen molar-refractivity contribution in [2.24, 2.45) is 11.7 Å². The number of hydrogen-bond donors (Lipinski definition) is 1. The first-order valence-corrected chi connectivity index (χ1v) is 6.58. The fourth-order valence-electron chi connectivity index (χ4n) is 1.89. The number of pyridine rings is 1.